The summed E-state index contributed by atoms with van der Waals surface area (Å²) in [7, 11) is 0. The lowest BCUT2D eigenvalue weighted by atomic mass is 9.97. The van der Waals surface area contributed by atoms with Crippen LogP contribution in [0.1, 0.15) is 84.5 Å². The van der Waals surface area contributed by atoms with Gasteiger partial charge in [-0.3, -0.25) is 4.79 Å². The van der Waals surface area contributed by atoms with Crippen LogP contribution in [0.25, 0.3) is 0 Å². The van der Waals surface area contributed by atoms with Crippen molar-refractivity contribution >= 4 is 11.8 Å². The molecule has 1 unspecified atom stereocenters. The summed E-state index contributed by atoms with van der Waals surface area (Å²) in [5.74, 6) is -2.40. The smallest absolute Gasteiger partial charge is 0.138 e. The number of hydrogen-bond acceptors (Lipinski definition) is 3. The van der Waals surface area contributed by atoms with Crippen LogP contribution >= 0.6 is 0 Å². The molecule has 3 nitrogen and oxygen atoms in total. The highest BCUT2D eigenvalue weighted by atomic mass is 16.4. The van der Waals surface area contributed by atoms with Crippen molar-refractivity contribution in [1.29, 1.82) is 0 Å². The summed E-state index contributed by atoms with van der Waals surface area (Å²) >= 11 is 0. The van der Waals surface area contributed by atoms with Gasteiger partial charge in [0.25, 0.3) is 0 Å². The molecule has 0 bridgehead atoms. The zero-order chi connectivity index (χ0) is 14.5. The van der Waals surface area contributed by atoms with Crippen LogP contribution in [0.15, 0.2) is 0 Å². The van der Waals surface area contributed by atoms with Gasteiger partial charge < -0.3 is 9.90 Å². The normalized spacial score (nSPS) is 12.3. The molecule has 0 aliphatic carbocycles. The Kier molecular flexibility index (Phi) is 11.6. The van der Waals surface area contributed by atoms with E-state index in [4.69, 9.17) is 0 Å². The number of carbonyl (C=O) groups is 2. The molecule has 0 N–H and O–H groups in total. The number of carboxylic acid groups (broad SMARTS) is 1. The summed E-state index contributed by atoms with van der Waals surface area (Å²) < 4.78 is 0. The van der Waals surface area contributed by atoms with Crippen LogP contribution in [-0.2, 0) is 9.59 Å². The molecule has 112 valence electrons. The second-order valence-corrected chi connectivity index (χ2v) is 5.45. The Hall–Kier alpha value is -0.860. The van der Waals surface area contributed by atoms with Crippen LogP contribution in [0.3, 0.4) is 0 Å². The van der Waals surface area contributed by atoms with Crippen molar-refractivity contribution < 1.29 is 14.7 Å². The summed E-state index contributed by atoms with van der Waals surface area (Å²) in [6.07, 6.45) is 12.6. The maximum Gasteiger partial charge on any atom is 0.138 e. The summed E-state index contributed by atoms with van der Waals surface area (Å²) in [5, 5.41) is 10.7. The van der Waals surface area contributed by atoms with Crippen LogP contribution in [-0.4, -0.2) is 11.8 Å². The van der Waals surface area contributed by atoms with Crippen molar-refractivity contribution in [3.05, 3.63) is 0 Å². The van der Waals surface area contributed by atoms with Gasteiger partial charge in [-0.15, -0.1) is 0 Å². The quantitative estimate of drug-likeness (QED) is 0.381. The number of hydrogen-bond donors (Lipinski definition) is 0. The van der Waals surface area contributed by atoms with Crippen LogP contribution in [0.5, 0.6) is 0 Å². The molecule has 0 radical (unpaired) electrons. The first-order chi connectivity index (χ1) is 9.09. The summed E-state index contributed by atoms with van der Waals surface area (Å²) in [6.45, 7) is 3.55. The van der Waals surface area contributed by atoms with Gasteiger partial charge in [-0.2, -0.15) is 0 Å². The Bertz CT molecular complexity index is 234. The molecule has 0 aliphatic rings. The van der Waals surface area contributed by atoms with Crippen LogP contribution in [0.4, 0.5) is 0 Å². The van der Waals surface area contributed by atoms with Gasteiger partial charge in [0.05, 0.1) is 11.9 Å². The standard InChI is InChI=1S/C16H30O3/c1-3-4-5-6-7-8-9-10-11-12-13-15(14(2)17)16(18)19/h15H,3-13H2,1-2H3,(H,18,19)/p-1. The lowest BCUT2D eigenvalue weighted by molar-refractivity contribution is -0.310. The van der Waals surface area contributed by atoms with E-state index in [-0.39, 0.29) is 5.78 Å². The van der Waals surface area contributed by atoms with Gasteiger partial charge in [0.15, 0.2) is 0 Å². The lowest BCUT2D eigenvalue weighted by Gasteiger charge is -2.14. The second-order valence-electron chi connectivity index (χ2n) is 5.45. The Morgan fingerprint density at radius 3 is 1.63 bits per heavy atom. The number of Topliss-reactive ketones (excluding diaryl/α,β-unsaturated/α-hetero) is 1. The molecule has 0 rings (SSSR count). The van der Waals surface area contributed by atoms with Gasteiger partial charge in [0.2, 0.25) is 0 Å². The zero-order valence-corrected chi connectivity index (χ0v) is 12.6. The Balaban J connectivity index is 3.35. The minimum absolute atomic E-state index is 0.282. The minimum Gasteiger partial charge on any atom is -0.549 e. The topological polar surface area (TPSA) is 57.2 Å². The van der Waals surface area contributed by atoms with E-state index in [0.717, 1.165) is 19.3 Å². The predicted octanol–water partition coefficient (Wildman–Crippen LogP) is 3.25. The maximum absolute atomic E-state index is 11.1. The molecule has 19 heavy (non-hydrogen) atoms. The van der Waals surface area contributed by atoms with Crippen molar-refractivity contribution in [1.82, 2.24) is 0 Å². The highest BCUT2D eigenvalue weighted by Gasteiger charge is 2.14. The largest absolute Gasteiger partial charge is 0.549 e. The zero-order valence-electron chi connectivity index (χ0n) is 12.6. The van der Waals surface area contributed by atoms with E-state index < -0.39 is 11.9 Å². The average Bonchev–Trinajstić information content (AvgIpc) is 2.35. The molecule has 0 aliphatic heterocycles. The molecule has 0 spiro atoms. The Morgan fingerprint density at radius 1 is 0.842 bits per heavy atom. The second kappa shape index (κ2) is 12.2. The van der Waals surface area contributed by atoms with Gasteiger partial charge in [-0.1, -0.05) is 71.1 Å². The van der Waals surface area contributed by atoms with Gasteiger partial charge in [0.1, 0.15) is 5.78 Å². The van der Waals surface area contributed by atoms with Crippen molar-refractivity contribution in [2.45, 2.75) is 84.5 Å². The first-order valence-corrected chi connectivity index (χ1v) is 7.81. The first-order valence-electron chi connectivity index (χ1n) is 7.81. The highest BCUT2D eigenvalue weighted by Crippen LogP contribution is 2.14. The van der Waals surface area contributed by atoms with Crippen molar-refractivity contribution in [2.75, 3.05) is 0 Å². The van der Waals surface area contributed by atoms with Gasteiger partial charge in [-0.25, -0.2) is 0 Å². The van der Waals surface area contributed by atoms with Gasteiger partial charge in [-0.05, 0) is 13.3 Å². The Morgan fingerprint density at radius 2 is 1.26 bits per heavy atom. The number of ketones is 1. The monoisotopic (exact) mass is 269 g/mol. The van der Waals surface area contributed by atoms with E-state index in [0.29, 0.717) is 6.42 Å². The fourth-order valence-corrected chi connectivity index (χ4v) is 2.32. The lowest BCUT2D eigenvalue weighted by Crippen LogP contribution is -2.35. The van der Waals surface area contributed by atoms with E-state index >= 15 is 0 Å². The molecular weight excluding hydrogens is 240 g/mol. The third-order valence-electron chi connectivity index (χ3n) is 3.62. The number of unbranched alkanes of at least 4 members (excludes halogenated alkanes) is 9. The van der Waals surface area contributed by atoms with E-state index in [1.54, 1.807) is 0 Å². The minimum atomic E-state index is -1.22. The number of aliphatic carboxylic acids is 1. The van der Waals surface area contributed by atoms with Crippen molar-refractivity contribution in [3.8, 4) is 0 Å². The van der Waals surface area contributed by atoms with Crippen molar-refractivity contribution in [2.24, 2.45) is 5.92 Å². The first kappa shape index (κ1) is 18.1. The number of carboxylic acids is 1. The molecule has 0 heterocycles. The third kappa shape index (κ3) is 10.7. The molecule has 0 aromatic heterocycles. The maximum atomic E-state index is 11.1. The molecule has 0 aromatic rings. The van der Waals surface area contributed by atoms with Gasteiger partial charge >= 0.3 is 0 Å². The van der Waals surface area contributed by atoms with E-state index in [9.17, 15) is 14.7 Å². The van der Waals surface area contributed by atoms with Gasteiger partial charge in [0, 0.05) is 0 Å². The molecular formula is C16H29O3-. The molecule has 0 fully saturated rings. The molecule has 0 saturated heterocycles. The average molecular weight is 269 g/mol. The van der Waals surface area contributed by atoms with E-state index in [1.807, 2.05) is 0 Å². The summed E-state index contributed by atoms with van der Waals surface area (Å²) in [6, 6.07) is 0. The van der Waals surface area contributed by atoms with Crippen molar-refractivity contribution in [3.63, 3.8) is 0 Å². The molecule has 0 aromatic carbocycles. The fourth-order valence-electron chi connectivity index (χ4n) is 2.32. The fraction of sp³-hybridized carbons (Fsp3) is 0.875. The molecule has 0 amide bonds. The molecule has 1 atom stereocenters. The summed E-state index contributed by atoms with van der Waals surface area (Å²) in [5.41, 5.74) is 0. The molecule has 0 saturated carbocycles. The predicted molar refractivity (Wildman–Crippen MR) is 75.6 cm³/mol. The highest BCUT2D eigenvalue weighted by molar-refractivity contribution is 5.95. The van der Waals surface area contributed by atoms with E-state index in [1.165, 1.54) is 51.9 Å². The summed E-state index contributed by atoms with van der Waals surface area (Å²) in [4.78, 5) is 21.8. The Labute approximate surface area is 117 Å². The van der Waals surface area contributed by atoms with Crippen LogP contribution < -0.4 is 5.11 Å². The number of rotatable bonds is 13. The van der Waals surface area contributed by atoms with E-state index in [2.05, 4.69) is 6.92 Å². The van der Waals surface area contributed by atoms with Crippen LogP contribution in [0.2, 0.25) is 0 Å². The molecule has 3 heteroatoms. The van der Waals surface area contributed by atoms with Crippen LogP contribution in [0, 0.1) is 5.92 Å². The third-order valence-corrected chi connectivity index (χ3v) is 3.62. The SMILES string of the molecule is CCCCCCCCCCCCC(C(C)=O)C(=O)[O-]. The number of carbonyl (C=O) groups excluding carboxylic acids is 2.